The van der Waals surface area contributed by atoms with Gasteiger partial charge in [0.2, 0.25) is 5.91 Å². The van der Waals surface area contributed by atoms with Crippen molar-refractivity contribution in [1.29, 1.82) is 0 Å². The Balaban J connectivity index is 1.81. The number of nitrogens with one attached hydrogen (secondary N) is 1. The van der Waals surface area contributed by atoms with E-state index in [1.807, 2.05) is 20.8 Å². The zero-order valence-corrected chi connectivity index (χ0v) is 19.9. The second-order valence-electron chi connectivity index (χ2n) is 11.1. The molecule has 3 rings (SSSR count). The number of aryl methyl sites for hydroxylation is 1. The highest BCUT2D eigenvalue weighted by molar-refractivity contribution is 5.86. The van der Waals surface area contributed by atoms with E-state index < -0.39 is 11.0 Å². The van der Waals surface area contributed by atoms with Crippen molar-refractivity contribution in [2.75, 3.05) is 6.54 Å². The number of hydrogen-bond donors (Lipinski definition) is 1. The lowest BCUT2D eigenvalue weighted by Crippen LogP contribution is -2.55. The minimum absolute atomic E-state index is 0.000643. The Hall–Kier alpha value is -1.84. The molecule has 1 aromatic carbocycles. The minimum atomic E-state index is -0.545. The summed E-state index contributed by atoms with van der Waals surface area (Å²) in [5.41, 5.74) is 3.26. The molecule has 4 heteroatoms. The lowest BCUT2D eigenvalue weighted by molar-refractivity contribution is -0.156. The number of amides is 1. The van der Waals surface area contributed by atoms with Crippen molar-refractivity contribution in [2.24, 2.45) is 11.3 Å². The van der Waals surface area contributed by atoms with Crippen molar-refractivity contribution in [2.45, 2.75) is 97.5 Å². The smallest absolute Gasteiger partial charge is 0.325 e. The molecule has 1 fully saturated rings. The zero-order valence-electron chi connectivity index (χ0n) is 19.9. The standard InChI is InChI=1S/C26H39NO3/c1-17(2)18-9-11-20-19(15-18)10-12-21-25(20,6)13-8-14-26(21,7)23(29)27-16-22(28)30-24(3,4)5/h9,11,15,17,21H,8,10,12-14,16H2,1-7H3,(H,27,29)/t21-,25-,26-/m1/s1. The van der Waals surface area contributed by atoms with Crippen LogP contribution >= 0.6 is 0 Å². The van der Waals surface area contributed by atoms with Crippen molar-refractivity contribution in [3.63, 3.8) is 0 Å². The summed E-state index contributed by atoms with van der Waals surface area (Å²) < 4.78 is 5.36. The fraction of sp³-hybridized carbons (Fsp3) is 0.692. The average Bonchev–Trinajstić information content (AvgIpc) is 2.64. The lowest BCUT2D eigenvalue weighted by atomic mass is 9.49. The van der Waals surface area contributed by atoms with E-state index in [2.05, 4.69) is 51.2 Å². The number of fused-ring (bicyclic) bond motifs is 3. The van der Waals surface area contributed by atoms with E-state index in [0.717, 1.165) is 32.1 Å². The van der Waals surface area contributed by atoms with Crippen molar-refractivity contribution in [3.8, 4) is 0 Å². The van der Waals surface area contributed by atoms with Crippen LogP contribution in [0.25, 0.3) is 0 Å². The molecule has 0 aliphatic heterocycles. The van der Waals surface area contributed by atoms with Gasteiger partial charge < -0.3 is 10.1 Å². The molecule has 1 aromatic rings. The van der Waals surface area contributed by atoms with Gasteiger partial charge in [0.05, 0.1) is 5.41 Å². The first kappa shape index (κ1) is 22.8. The molecule has 0 bridgehead atoms. The van der Waals surface area contributed by atoms with Crippen LogP contribution in [0.4, 0.5) is 0 Å². The van der Waals surface area contributed by atoms with E-state index in [0.29, 0.717) is 5.92 Å². The van der Waals surface area contributed by atoms with Gasteiger partial charge in [0, 0.05) is 0 Å². The molecule has 4 nitrogen and oxygen atoms in total. The Morgan fingerprint density at radius 2 is 1.90 bits per heavy atom. The van der Waals surface area contributed by atoms with Crippen LogP contribution < -0.4 is 5.32 Å². The maximum atomic E-state index is 13.3. The zero-order chi connectivity index (χ0) is 22.3. The summed E-state index contributed by atoms with van der Waals surface area (Å²) in [4.78, 5) is 25.4. The van der Waals surface area contributed by atoms with Gasteiger partial charge in [-0.3, -0.25) is 9.59 Å². The molecule has 0 unspecified atom stereocenters. The molecule has 1 N–H and O–H groups in total. The highest BCUT2D eigenvalue weighted by Crippen LogP contribution is 2.57. The van der Waals surface area contributed by atoms with Crippen LogP contribution in [0.5, 0.6) is 0 Å². The van der Waals surface area contributed by atoms with Gasteiger partial charge in [0.15, 0.2) is 0 Å². The maximum Gasteiger partial charge on any atom is 0.325 e. The summed E-state index contributed by atoms with van der Waals surface area (Å²) in [7, 11) is 0. The van der Waals surface area contributed by atoms with Gasteiger partial charge in [-0.2, -0.15) is 0 Å². The molecule has 0 aromatic heterocycles. The summed E-state index contributed by atoms with van der Waals surface area (Å²) in [5, 5.41) is 2.90. The number of hydrogen-bond acceptors (Lipinski definition) is 3. The van der Waals surface area contributed by atoms with E-state index in [1.165, 1.54) is 16.7 Å². The minimum Gasteiger partial charge on any atom is -0.459 e. The fourth-order valence-electron chi connectivity index (χ4n) is 5.87. The number of benzene rings is 1. The highest BCUT2D eigenvalue weighted by Gasteiger charge is 2.54. The second kappa shape index (κ2) is 8.01. The molecule has 0 saturated heterocycles. The van der Waals surface area contributed by atoms with Gasteiger partial charge in [-0.25, -0.2) is 0 Å². The first-order valence-electron chi connectivity index (χ1n) is 11.5. The predicted octanol–water partition coefficient (Wildman–Crippen LogP) is 5.28. The van der Waals surface area contributed by atoms with Gasteiger partial charge in [-0.15, -0.1) is 0 Å². The van der Waals surface area contributed by atoms with Crippen LogP contribution in [0.2, 0.25) is 0 Å². The summed E-state index contributed by atoms with van der Waals surface area (Å²) >= 11 is 0. The molecule has 166 valence electrons. The topological polar surface area (TPSA) is 55.4 Å². The number of carbonyl (C=O) groups is 2. The van der Waals surface area contributed by atoms with Crippen LogP contribution in [0, 0.1) is 11.3 Å². The monoisotopic (exact) mass is 413 g/mol. The SMILES string of the molecule is CC(C)c1ccc2c(c1)CC[C@H]1[C@](C)(C(=O)NCC(=O)OC(C)(C)C)CCC[C@]21C. The molecule has 2 aliphatic carbocycles. The molecule has 30 heavy (non-hydrogen) atoms. The quantitative estimate of drug-likeness (QED) is 0.684. The summed E-state index contributed by atoms with van der Waals surface area (Å²) in [6.45, 7) is 14.4. The van der Waals surface area contributed by atoms with Gasteiger partial charge in [0.25, 0.3) is 0 Å². The molecule has 1 saturated carbocycles. The molecule has 0 heterocycles. The van der Waals surface area contributed by atoms with E-state index in [4.69, 9.17) is 4.74 Å². The molecule has 0 spiro atoms. The van der Waals surface area contributed by atoms with E-state index in [1.54, 1.807) is 0 Å². The Kier molecular flexibility index (Phi) is 6.10. The van der Waals surface area contributed by atoms with Gasteiger partial charge in [-0.05, 0) is 80.4 Å². The number of rotatable bonds is 4. The van der Waals surface area contributed by atoms with E-state index >= 15 is 0 Å². The fourth-order valence-corrected chi connectivity index (χ4v) is 5.87. The molecule has 3 atom stereocenters. The van der Waals surface area contributed by atoms with Crippen LogP contribution in [0.3, 0.4) is 0 Å². The maximum absolute atomic E-state index is 13.3. The first-order valence-corrected chi connectivity index (χ1v) is 11.5. The summed E-state index contributed by atoms with van der Waals surface area (Å²) in [6, 6.07) is 6.98. The Morgan fingerprint density at radius 1 is 1.20 bits per heavy atom. The van der Waals surface area contributed by atoms with Crippen LogP contribution in [0.1, 0.15) is 96.8 Å². The molecular formula is C26H39NO3. The van der Waals surface area contributed by atoms with Gasteiger partial charge in [0.1, 0.15) is 12.1 Å². The third-order valence-corrected chi connectivity index (χ3v) is 7.38. The van der Waals surface area contributed by atoms with E-state index in [9.17, 15) is 9.59 Å². The largest absolute Gasteiger partial charge is 0.459 e. The molecule has 2 aliphatic rings. The molecule has 0 radical (unpaired) electrons. The second-order valence-corrected chi connectivity index (χ2v) is 11.1. The van der Waals surface area contributed by atoms with Crippen LogP contribution in [0.15, 0.2) is 18.2 Å². The Morgan fingerprint density at radius 3 is 2.53 bits per heavy atom. The number of ether oxygens (including phenoxy) is 1. The predicted molar refractivity (Wildman–Crippen MR) is 121 cm³/mol. The summed E-state index contributed by atoms with van der Waals surface area (Å²) in [6.07, 6.45) is 5.04. The molecule has 1 amide bonds. The average molecular weight is 414 g/mol. The van der Waals surface area contributed by atoms with Crippen molar-refractivity contribution < 1.29 is 14.3 Å². The third kappa shape index (κ3) is 4.29. The van der Waals surface area contributed by atoms with Crippen LogP contribution in [-0.4, -0.2) is 24.0 Å². The van der Waals surface area contributed by atoms with Gasteiger partial charge >= 0.3 is 5.97 Å². The van der Waals surface area contributed by atoms with Crippen LogP contribution in [-0.2, 0) is 26.2 Å². The van der Waals surface area contributed by atoms with Crippen molar-refractivity contribution in [3.05, 3.63) is 34.9 Å². The van der Waals surface area contributed by atoms with E-state index in [-0.39, 0.29) is 29.8 Å². The lowest BCUT2D eigenvalue weighted by Gasteiger charge is -2.54. The molecular weight excluding hydrogens is 374 g/mol. The third-order valence-electron chi connectivity index (χ3n) is 7.38. The normalized spacial score (nSPS) is 28.5. The Bertz CT molecular complexity index is 822. The van der Waals surface area contributed by atoms with Crippen molar-refractivity contribution in [1.82, 2.24) is 5.32 Å². The number of esters is 1. The Labute approximate surface area is 182 Å². The highest BCUT2D eigenvalue weighted by atomic mass is 16.6. The van der Waals surface area contributed by atoms with Gasteiger partial charge in [-0.1, -0.05) is 52.3 Å². The van der Waals surface area contributed by atoms with Crippen molar-refractivity contribution >= 4 is 11.9 Å². The summed E-state index contributed by atoms with van der Waals surface area (Å²) in [5.74, 6) is 0.408. The first-order chi connectivity index (χ1) is 13.9. The number of carbonyl (C=O) groups excluding carboxylic acids is 2.